The first-order valence-corrected chi connectivity index (χ1v) is 17.3. The lowest BCUT2D eigenvalue weighted by molar-refractivity contribution is 1.18. The first-order chi connectivity index (χ1) is 23.8. The van der Waals surface area contributed by atoms with E-state index in [0.717, 1.165) is 0 Å². The fourth-order valence-corrected chi connectivity index (χ4v) is 9.01. The van der Waals surface area contributed by atoms with E-state index in [2.05, 4.69) is 180 Å². The molecule has 0 aliphatic heterocycles. The molecule has 8 aromatic carbocycles. The van der Waals surface area contributed by atoms with Crippen LogP contribution in [0.3, 0.4) is 0 Å². The predicted molar refractivity (Wildman–Crippen MR) is 207 cm³/mol. The number of benzene rings is 8. The number of rotatable bonds is 4. The molecule has 48 heavy (non-hydrogen) atoms. The van der Waals surface area contributed by atoms with Gasteiger partial charge in [-0.2, -0.15) is 0 Å². The Hall–Kier alpha value is -5.96. The van der Waals surface area contributed by atoms with E-state index in [4.69, 9.17) is 0 Å². The smallest absolute Gasteiger partial charge is 0.0541 e. The highest BCUT2D eigenvalue weighted by Gasteiger charge is 2.21. The van der Waals surface area contributed by atoms with Crippen LogP contribution in [0.4, 0.5) is 0 Å². The molecule has 0 spiro atoms. The number of hydrogen-bond donors (Lipinski definition) is 0. The SMILES string of the molecule is c1ccc(-c2sc3c4cc(-c5ccc(-n6c7ccccc7c7ccccc76)cc5)ccc4c4ccccc4c3c2-c2ccccc2)cc1. The van der Waals surface area contributed by atoms with Crippen molar-refractivity contribution in [2.45, 2.75) is 0 Å². The Labute approximate surface area is 282 Å². The highest BCUT2D eigenvalue weighted by atomic mass is 32.1. The summed E-state index contributed by atoms with van der Waals surface area (Å²) in [5, 5.41) is 9.10. The summed E-state index contributed by atoms with van der Waals surface area (Å²) in [6.45, 7) is 0. The van der Waals surface area contributed by atoms with Crippen LogP contribution in [-0.2, 0) is 0 Å². The van der Waals surface area contributed by atoms with E-state index in [1.54, 1.807) is 0 Å². The van der Waals surface area contributed by atoms with Crippen LogP contribution in [-0.4, -0.2) is 4.57 Å². The molecule has 0 saturated heterocycles. The van der Waals surface area contributed by atoms with E-state index in [0.29, 0.717) is 0 Å². The molecular weight excluding hydrogens is 599 g/mol. The lowest BCUT2D eigenvalue weighted by atomic mass is 9.91. The van der Waals surface area contributed by atoms with Gasteiger partial charge in [0.15, 0.2) is 0 Å². The first-order valence-electron chi connectivity index (χ1n) is 16.4. The second-order valence-corrected chi connectivity index (χ2v) is 13.5. The summed E-state index contributed by atoms with van der Waals surface area (Å²) in [7, 11) is 0. The van der Waals surface area contributed by atoms with Crippen LogP contribution >= 0.6 is 11.3 Å². The van der Waals surface area contributed by atoms with Crippen LogP contribution in [0.5, 0.6) is 0 Å². The Morgan fingerprint density at radius 2 is 0.875 bits per heavy atom. The summed E-state index contributed by atoms with van der Waals surface area (Å²) in [5.41, 5.74) is 9.90. The van der Waals surface area contributed by atoms with Crippen molar-refractivity contribution in [1.29, 1.82) is 0 Å². The van der Waals surface area contributed by atoms with E-state index < -0.39 is 0 Å². The monoisotopic (exact) mass is 627 g/mol. The largest absolute Gasteiger partial charge is 0.309 e. The zero-order valence-corrected chi connectivity index (χ0v) is 26.9. The molecule has 0 saturated carbocycles. The predicted octanol–water partition coefficient (Wildman–Crippen LogP) is 13.3. The summed E-state index contributed by atoms with van der Waals surface area (Å²) >= 11 is 1.92. The molecule has 1 nitrogen and oxygen atoms in total. The van der Waals surface area contributed by atoms with Gasteiger partial charge in [0.1, 0.15) is 0 Å². The van der Waals surface area contributed by atoms with Gasteiger partial charge in [-0.15, -0.1) is 11.3 Å². The third-order valence-corrected chi connectivity index (χ3v) is 11.1. The summed E-state index contributed by atoms with van der Waals surface area (Å²) in [6.07, 6.45) is 0. The maximum absolute atomic E-state index is 2.42. The zero-order chi connectivity index (χ0) is 31.6. The second kappa shape index (κ2) is 10.8. The normalized spacial score (nSPS) is 11.8. The van der Waals surface area contributed by atoms with Gasteiger partial charge in [0.25, 0.3) is 0 Å². The molecule has 0 fully saturated rings. The number of aromatic nitrogens is 1. The van der Waals surface area contributed by atoms with Crippen LogP contribution in [0, 0.1) is 0 Å². The number of nitrogens with zero attached hydrogens (tertiary/aromatic N) is 1. The Balaban J connectivity index is 1.20. The van der Waals surface area contributed by atoms with Crippen molar-refractivity contribution >= 4 is 64.8 Å². The molecule has 0 N–H and O–H groups in total. The molecule has 0 aliphatic carbocycles. The van der Waals surface area contributed by atoms with Crippen LogP contribution in [0.2, 0.25) is 0 Å². The Morgan fingerprint density at radius 3 is 1.54 bits per heavy atom. The minimum Gasteiger partial charge on any atom is -0.309 e. The van der Waals surface area contributed by atoms with E-state index in [1.807, 2.05) is 11.3 Å². The minimum absolute atomic E-state index is 1.17. The van der Waals surface area contributed by atoms with E-state index in [9.17, 15) is 0 Å². The first kappa shape index (κ1) is 27.2. The number of para-hydroxylation sites is 2. The summed E-state index contributed by atoms with van der Waals surface area (Å²) in [4.78, 5) is 1.32. The molecule has 2 heteroatoms. The average molecular weight is 628 g/mol. The fraction of sp³-hybridized carbons (Fsp3) is 0. The van der Waals surface area contributed by atoms with E-state index >= 15 is 0 Å². The fourth-order valence-electron chi connectivity index (χ4n) is 7.64. The van der Waals surface area contributed by atoms with Crippen LogP contribution in [0.1, 0.15) is 0 Å². The second-order valence-electron chi connectivity index (χ2n) is 12.5. The van der Waals surface area contributed by atoms with Crippen molar-refractivity contribution in [3.05, 3.63) is 176 Å². The standard InChI is InChI=1S/C46H29NS/c1-3-13-31(14-4-1)43-44-39-20-8-7-17-35(39)36-28-25-33(29-40(36)46(44)48-45(43)32-15-5-2-6-16-32)30-23-26-34(27-24-30)47-41-21-11-9-18-37(41)38-19-10-12-22-42(38)47/h1-29H. The Morgan fingerprint density at radius 1 is 0.354 bits per heavy atom. The number of fused-ring (bicyclic) bond motifs is 9. The molecule has 10 aromatic rings. The van der Waals surface area contributed by atoms with Gasteiger partial charge < -0.3 is 4.57 Å². The molecule has 0 amide bonds. The van der Waals surface area contributed by atoms with Crippen molar-refractivity contribution < 1.29 is 0 Å². The van der Waals surface area contributed by atoms with Gasteiger partial charge in [-0.1, -0.05) is 146 Å². The Kier molecular flexibility index (Phi) is 6.12. The summed E-state index contributed by atoms with van der Waals surface area (Å²) in [5.74, 6) is 0. The highest BCUT2D eigenvalue weighted by Crippen LogP contribution is 2.50. The average Bonchev–Trinajstić information content (AvgIpc) is 3.73. The van der Waals surface area contributed by atoms with Crippen molar-refractivity contribution in [3.63, 3.8) is 0 Å². The van der Waals surface area contributed by atoms with Gasteiger partial charge in [-0.05, 0) is 68.7 Å². The van der Waals surface area contributed by atoms with Crippen LogP contribution in [0.15, 0.2) is 176 Å². The van der Waals surface area contributed by atoms with Gasteiger partial charge in [0, 0.05) is 42.4 Å². The van der Waals surface area contributed by atoms with Crippen molar-refractivity contribution in [1.82, 2.24) is 4.57 Å². The molecule has 0 bridgehead atoms. The van der Waals surface area contributed by atoms with Gasteiger partial charge in [0.2, 0.25) is 0 Å². The number of thiophene rings is 1. The molecule has 0 unspecified atom stereocenters. The lowest BCUT2D eigenvalue weighted by Gasteiger charge is -2.12. The van der Waals surface area contributed by atoms with Gasteiger partial charge >= 0.3 is 0 Å². The van der Waals surface area contributed by atoms with Crippen LogP contribution < -0.4 is 0 Å². The van der Waals surface area contributed by atoms with Gasteiger partial charge in [-0.3, -0.25) is 0 Å². The molecule has 0 radical (unpaired) electrons. The molecule has 224 valence electrons. The zero-order valence-electron chi connectivity index (χ0n) is 26.1. The topological polar surface area (TPSA) is 4.93 Å². The van der Waals surface area contributed by atoms with Crippen molar-refractivity contribution in [3.8, 4) is 38.4 Å². The number of hydrogen-bond acceptors (Lipinski definition) is 1. The molecular formula is C46H29NS. The third kappa shape index (κ3) is 4.10. The maximum Gasteiger partial charge on any atom is 0.0541 e. The molecule has 2 heterocycles. The molecule has 2 aromatic heterocycles. The maximum atomic E-state index is 2.42. The quantitative estimate of drug-likeness (QED) is 0.171. The van der Waals surface area contributed by atoms with Gasteiger partial charge in [-0.25, -0.2) is 0 Å². The molecule has 0 atom stereocenters. The molecule has 10 rings (SSSR count). The lowest BCUT2D eigenvalue weighted by Crippen LogP contribution is -1.93. The van der Waals surface area contributed by atoms with Crippen LogP contribution in [0.25, 0.3) is 91.8 Å². The van der Waals surface area contributed by atoms with Crippen molar-refractivity contribution in [2.24, 2.45) is 0 Å². The van der Waals surface area contributed by atoms with E-state index in [1.165, 1.54) is 91.8 Å². The molecule has 0 aliphatic rings. The Bertz CT molecular complexity index is 2750. The summed E-state index contributed by atoms with van der Waals surface area (Å²) < 4.78 is 3.72. The third-order valence-electron chi connectivity index (χ3n) is 9.80. The highest BCUT2D eigenvalue weighted by molar-refractivity contribution is 7.24. The summed E-state index contributed by atoms with van der Waals surface area (Å²) in [6, 6.07) is 64.2. The van der Waals surface area contributed by atoms with E-state index in [-0.39, 0.29) is 0 Å². The van der Waals surface area contributed by atoms with Crippen molar-refractivity contribution in [2.75, 3.05) is 0 Å². The minimum atomic E-state index is 1.17. The van der Waals surface area contributed by atoms with Gasteiger partial charge in [0.05, 0.1) is 11.0 Å².